The average molecular weight is 412 g/mol. The van der Waals surface area contributed by atoms with Crippen LogP contribution in [0.1, 0.15) is 68.6 Å². The summed E-state index contributed by atoms with van der Waals surface area (Å²) in [6, 6.07) is 12.2. The molecule has 0 fully saturated rings. The summed E-state index contributed by atoms with van der Waals surface area (Å²) in [7, 11) is -1.81. The summed E-state index contributed by atoms with van der Waals surface area (Å²) < 4.78 is 6.63. The molecule has 0 spiro atoms. The lowest BCUT2D eigenvalue weighted by molar-refractivity contribution is 0.112. The van der Waals surface area contributed by atoms with E-state index >= 15 is 0 Å². The zero-order chi connectivity index (χ0) is 22.0. The summed E-state index contributed by atoms with van der Waals surface area (Å²) in [6.07, 6.45) is 0.897. The minimum atomic E-state index is -1.81. The molecule has 0 unspecified atom stereocenters. The monoisotopic (exact) mass is 411 g/mol. The molecule has 3 nitrogen and oxygen atoms in total. The smallest absolute Gasteiger partial charge is 0.242 e. The van der Waals surface area contributed by atoms with E-state index in [2.05, 4.69) is 78.6 Å². The summed E-state index contributed by atoms with van der Waals surface area (Å²) in [5, 5.41) is 3.47. The second-order valence-electron chi connectivity index (χ2n) is 10.8. The van der Waals surface area contributed by atoms with E-state index < -0.39 is 8.32 Å². The second-order valence-corrected chi connectivity index (χ2v) is 15.2. The number of benzene rings is 2. The molecule has 0 aliphatic rings. The SMILES string of the molecule is CC(C)(C)c1cc(CNc2ccccc2C=O)c(O[Si](C)(C)C)c(C(C)(C)C)c1. The third kappa shape index (κ3) is 6.20. The summed E-state index contributed by atoms with van der Waals surface area (Å²) in [4.78, 5) is 11.4. The molecule has 2 rings (SSSR count). The Morgan fingerprint density at radius 1 is 0.966 bits per heavy atom. The molecule has 0 heterocycles. The Bertz CT molecular complexity index is 868. The van der Waals surface area contributed by atoms with Crippen LogP contribution < -0.4 is 9.74 Å². The highest BCUT2D eigenvalue weighted by Gasteiger charge is 2.28. The van der Waals surface area contributed by atoms with Gasteiger partial charge in [-0.2, -0.15) is 0 Å². The van der Waals surface area contributed by atoms with E-state index in [1.54, 1.807) is 0 Å². The van der Waals surface area contributed by atoms with Crippen molar-refractivity contribution in [2.24, 2.45) is 0 Å². The zero-order valence-electron chi connectivity index (χ0n) is 19.6. The summed E-state index contributed by atoms with van der Waals surface area (Å²) in [6.45, 7) is 20.7. The van der Waals surface area contributed by atoms with Gasteiger partial charge in [-0.15, -0.1) is 0 Å². The highest BCUT2D eigenvalue weighted by Crippen LogP contribution is 2.40. The number of aldehydes is 1. The van der Waals surface area contributed by atoms with Gasteiger partial charge in [0.15, 0.2) is 6.29 Å². The van der Waals surface area contributed by atoms with Crippen molar-refractivity contribution in [2.75, 3.05) is 5.32 Å². The Morgan fingerprint density at radius 2 is 1.59 bits per heavy atom. The normalized spacial score (nSPS) is 12.6. The molecule has 1 N–H and O–H groups in total. The van der Waals surface area contributed by atoms with Crippen molar-refractivity contribution in [1.82, 2.24) is 0 Å². The molecule has 4 heteroatoms. The first-order valence-corrected chi connectivity index (χ1v) is 13.8. The van der Waals surface area contributed by atoms with Crippen molar-refractivity contribution in [3.8, 4) is 5.75 Å². The number of carbonyl (C=O) groups excluding carboxylic acids is 1. The first-order chi connectivity index (χ1) is 13.2. The average Bonchev–Trinajstić information content (AvgIpc) is 2.57. The maximum absolute atomic E-state index is 11.4. The van der Waals surface area contributed by atoms with Crippen LogP contribution in [-0.4, -0.2) is 14.6 Å². The van der Waals surface area contributed by atoms with Crippen molar-refractivity contribution in [3.05, 3.63) is 58.7 Å². The predicted molar refractivity (Wildman–Crippen MR) is 127 cm³/mol. The number of rotatable bonds is 6. The van der Waals surface area contributed by atoms with Gasteiger partial charge in [0.05, 0.1) is 0 Å². The number of para-hydroxylation sites is 1. The van der Waals surface area contributed by atoms with Crippen LogP contribution in [0.25, 0.3) is 0 Å². The number of anilines is 1. The fraction of sp³-hybridized carbons (Fsp3) is 0.480. The van der Waals surface area contributed by atoms with Crippen molar-refractivity contribution < 1.29 is 9.22 Å². The lowest BCUT2D eigenvalue weighted by Gasteiger charge is -2.32. The summed E-state index contributed by atoms with van der Waals surface area (Å²) in [5.41, 5.74) is 5.20. The lowest BCUT2D eigenvalue weighted by Crippen LogP contribution is -2.32. The van der Waals surface area contributed by atoms with E-state index in [9.17, 15) is 4.79 Å². The maximum Gasteiger partial charge on any atom is 0.242 e. The van der Waals surface area contributed by atoms with Gasteiger partial charge in [-0.25, -0.2) is 0 Å². The quantitative estimate of drug-likeness (QED) is 0.414. The van der Waals surface area contributed by atoms with Gasteiger partial charge in [0, 0.05) is 23.4 Å². The summed E-state index contributed by atoms with van der Waals surface area (Å²) >= 11 is 0. The van der Waals surface area contributed by atoms with E-state index in [4.69, 9.17) is 4.43 Å². The second kappa shape index (κ2) is 8.35. The van der Waals surface area contributed by atoms with Gasteiger partial charge in [-0.1, -0.05) is 59.7 Å². The molecule has 0 saturated carbocycles. The van der Waals surface area contributed by atoms with Crippen LogP contribution >= 0.6 is 0 Å². The third-order valence-electron chi connectivity index (χ3n) is 4.81. The Kier molecular flexibility index (Phi) is 6.68. The number of hydrogen-bond acceptors (Lipinski definition) is 3. The molecule has 158 valence electrons. The van der Waals surface area contributed by atoms with Crippen molar-refractivity contribution >= 4 is 20.3 Å². The molecule has 0 saturated heterocycles. The Labute approximate surface area is 178 Å². The fourth-order valence-electron chi connectivity index (χ4n) is 3.19. The van der Waals surface area contributed by atoms with E-state index in [1.807, 2.05) is 24.3 Å². The van der Waals surface area contributed by atoms with E-state index in [0.717, 1.165) is 23.3 Å². The van der Waals surface area contributed by atoms with Crippen LogP contribution in [0.3, 0.4) is 0 Å². The predicted octanol–water partition coefficient (Wildman–Crippen LogP) is 6.92. The van der Waals surface area contributed by atoms with Gasteiger partial charge in [0.25, 0.3) is 0 Å². The minimum absolute atomic E-state index is 0.0349. The molecule has 29 heavy (non-hydrogen) atoms. The molecule has 0 radical (unpaired) electrons. The molecule has 0 atom stereocenters. The standard InChI is InChI=1S/C25H37NO2Si/c1-24(2,3)20-14-19(16-26-22-13-11-10-12-18(22)17-27)23(28-29(7,8)9)21(15-20)25(4,5)6/h10-15,17,26H,16H2,1-9H3. The molecule has 0 aliphatic carbocycles. The molecular formula is C25H37NO2Si. The number of hydrogen-bond donors (Lipinski definition) is 1. The number of nitrogens with one attached hydrogen (secondary N) is 1. The molecule has 0 aliphatic heterocycles. The van der Waals surface area contributed by atoms with Crippen molar-refractivity contribution in [1.29, 1.82) is 0 Å². The minimum Gasteiger partial charge on any atom is -0.544 e. The largest absolute Gasteiger partial charge is 0.544 e. The third-order valence-corrected chi connectivity index (χ3v) is 5.62. The Hall–Kier alpha value is -2.07. The van der Waals surface area contributed by atoms with E-state index in [-0.39, 0.29) is 10.8 Å². The Balaban J connectivity index is 2.61. The molecule has 0 amide bonds. The lowest BCUT2D eigenvalue weighted by atomic mass is 9.79. The van der Waals surface area contributed by atoms with Crippen LogP contribution in [0.4, 0.5) is 5.69 Å². The fourth-order valence-corrected chi connectivity index (χ4v) is 4.04. The Morgan fingerprint density at radius 3 is 2.10 bits per heavy atom. The van der Waals surface area contributed by atoms with E-state index in [0.29, 0.717) is 12.1 Å². The highest BCUT2D eigenvalue weighted by atomic mass is 28.4. The van der Waals surface area contributed by atoms with Gasteiger partial charge in [0.1, 0.15) is 5.75 Å². The van der Waals surface area contributed by atoms with Crippen LogP contribution in [0, 0.1) is 0 Å². The van der Waals surface area contributed by atoms with Crippen LogP contribution in [0.2, 0.25) is 19.6 Å². The molecule has 2 aromatic carbocycles. The molecule has 2 aromatic rings. The number of carbonyl (C=O) groups is 1. The van der Waals surface area contributed by atoms with Gasteiger partial charge in [0.2, 0.25) is 8.32 Å². The van der Waals surface area contributed by atoms with Gasteiger partial charge in [-0.3, -0.25) is 4.79 Å². The molecular weight excluding hydrogens is 374 g/mol. The van der Waals surface area contributed by atoms with E-state index in [1.165, 1.54) is 11.1 Å². The van der Waals surface area contributed by atoms with Gasteiger partial charge >= 0.3 is 0 Å². The first-order valence-electron chi connectivity index (χ1n) is 10.4. The van der Waals surface area contributed by atoms with Crippen LogP contribution in [0.15, 0.2) is 36.4 Å². The van der Waals surface area contributed by atoms with Gasteiger partial charge in [-0.05, 0) is 59.8 Å². The summed E-state index contributed by atoms with van der Waals surface area (Å²) in [5.74, 6) is 1.00. The van der Waals surface area contributed by atoms with Crippen molar-refractivity contribution in [3.63, 3.8) is 0 Å². The molecule has 0 aromatic heterocycles. The highest BCUT2D eigenvalue weighted by molar-refractivity contribution is 6.70. The maximum atomic E-state index is 11.4. The van der Waals surface area contributed by atoms with Crippen LogP contribution in [-0.2, 0) is 17.4 Å². The molecule has 0 bridgehead atoms. The zero-order valence-corrected chi connectivity index (χ0v) is 20.6. The topological polar surface area (TPSA) is 38.3 Å². The van der Waals surface area contributed by atoms with Crippen LogP contribution in [0.5, 0.6) is 5.75 Å². The van der Waals surface area contributed by atoms with Gasteiger partial charge < -0.3 is 9.74 Å². The van der Waals surface area contributed by atoms with Crippen molar-refractivity contribution in [2.45, 2.75) is 78.6 Å². The first kappa shape index (κ1) is 23.2.